The predicted molar refractivity (Wildman–Crippen MR) is 61.4 cm³/mol. The molecular weight excluding hydrogens is 258 g/mol. The summed E-state index contributed by atoms with van der Waals surface area (Å²) in [6.45, 7) is -3.00. The lowest BCUT2D eigenvalue weighted by Gasteiger charge is -2.12. The summed E-state index contributed by atoms with van der Waals surface area (Å²) < 4.78 is 33.3. The molecule has 19 heavy (non-hydrogen) atoms. The van der Waals surface area contributed by atoms with Crippen LogP contribution in [0.25, 0.3) is 0 Å². The molecule has 0 atom stereocenters. The molecule has 0 unspecified atom stereocenters. The van der Waals surface area contributed by atoms with Gasteiger partial charge in [0.25, 0.3) is 0 Å². The Morgan fingerprint density at radius 2 is 2.16 bits per heavy atom. The molecule has 0 saturated carbocycles. The molecular formula is C12H12F2N2O3. The Morgan fingerprint density at radius 3 is 2.63 bits per heavy atom. The minimum atomic E-state index is -3.05. The summed E-state index contributed by atoms with van der Waals surface area (Å²) in [6.07, 6.45) is -0.239. The highest BCUT2D eigenvalue weighted by atomic mass is 19.3. The van der Waals surface area contributed by atoms with Crippen LogP contribution in [0.1, 0.15) is 16.7 Å². The summed E-state index contributed by atoms with van der Waals surface area (Å²) >= 11 is 0. The SMILES string of the molecule is COC(=O)Cc1cc(CN)c(C#N)cc1OC(F)F. The van der Waals surface area contributed by atoms with E-state index in [-0.39, 0.29) is 29.8 Å². The van der Waals surface area contributed by atoms with Crippen molar-refractivity contribution in [1.29, 1.82) is 5.26 Å². The number of nitriles is 1. The molecule has 0 aliphatic carbocycles. The van der Waals surface area contributed by atoms with Gasteiger partial charge in [-0.05, 0) is 17.7 Å². The molecule has 102 valence electrons. The Morgan fingerprint density at radius 1 is 1.47 bits per heavy atom. The number of alkyl halides is 2. The summed E-state index contributed by atoms with van der Waals surface area (Å²) in [5, 5.41) is 8.89. The first kappa shape index (κ1) is 14.9. The van der Waals surface area contributed by atoms with Crippen LogP contribution in [0, 0.1) is 11.3 Å². The lowest BCUT2D eigenvalue weighted by atomic mass is 10.0. The average Bonchev–Trinajstić information content (AvgIpc) is 2.39. The zero-order valence-corrected chi connectivity index (χ0v) is 10.2. The topological polar surface area (TPSA) is 85.3 Å². The maximum Gasteiger partial charge on any atom is 0.387 e. The van der Waals surface area contributed by atoms with Crippen molar-refractivity contribution in [1.82, 2.24) is 0 Å². The third-order valence-electron chi connectivity index (χ3n) is 2.41. The van der Waals surface area contributed by atoms with Crippen LogP contribution in [0.2, 0.25) is 0 Å². The van der Waals surface area contributed by atoms with Gasteiger partial charge in [-0.2, -0.15) is 14.0 Å². The highest BCUT2D eigenvalue weighted by Gasteiger charge is 2.16. The molecule has 0 saturated heterocycles. The Bertz CT molecular complexity index is 512. The van der Waals surface area contributed by atoms with Gasteiger partial charge in [0.15, 0.2) is 0 Å². The van der Waals surface area contributed by atoms with Crippen LogP contribution in [0.5, 0.6) is 5.75 Å². The fraction of sp³-hybridized carbons (Fsp3) is 0.333. The van der Waals surface area contributed by atoms with Crippen molar-refractivity contribution in [2.75, 3.05) is 7.11 Å². The lowest BCUT2D eigenvalue weighted by molar-refractivity contribution is -0.139. The van der Waals surface area contributed by atoms with Gasteiger partial charge in [-0.3, -0.25) is 4.79 Å². The van der Waals surface area contributed by atoms with E-state index in [4.69, 9.17) is 11.0 Å². The van der Waals surface area contributed by atoms with Gasteiger partial charge in [0.05, 0.1) is 25.2 Å². The van der Waals surface area contributed by atoms with Crippen LogP contribution in [0.3, 0.4) is 0 Å². The number of hydrogen-bond acceptors (Lipinski definition) is 5. The second-order valence-corrected chi connectivity index (χ2v) is 3.56. The van der Waals surface area contributed by atoms with E-state index in [2.05, 4.69) is 9.47 Å². The number of nitrogens with zero attached hydrogens (tertiary/aromatic N) is 1. The van der Waals surface area contributed by atoms with E-state index in [1.165, 1.54) is 13.2 Å². The smallest absolute Gasteiger partial charge is 0.387 e. The molecule has 0 bridgehead atoms. The Hall–Kier alpha value is -2.20. The molecule has 5 nitrogen and oxygen atoms in total. The molecule has 0 heterocycles. The maximum absolute atomic E-state index is 12.3. The zero-order chi connectivity index (χ0) is 14.4. The van der Waals surface area contributed by atoms with E-state index >= 15 is 0 Å². The van der Waals surface area contributed by atoms with E-state index < -0.39 is 12.6 Å². The van der Waals surface area contributed by atoms with Gasteiger partial charge in [-0.25, -0.2) is 0 Å². The first-order valence-corrected chi connectivity index (χ1v) is 5.29. The molecule has 1 aromatic carbocycles. The van der Waals surface area contributed by atoms with Crippen LogP contribution in [-0.2, 0) is 22.5 Å². The molecule has 0 radical (unpaired) electrons. The van der Waals surface area contributed by atoms with Crippen LogP contribution in [0.15, 0.2) is 12.1 Å². The van der Waals surface area contributed by atoms with E-state index in [1.54, 1.807) is 0 Å². The van der Waals surface area contributed by atoms with Gasteiger partial charge < -0.3 is 15.2 Å². The molecule has 0 aliphatic rings. The maximum atomic E-state index is 12.3. The first-order valence-electron chi connectivity index (χ1n) is 5.29. The Labute approximate surface area is 108 Å². The van der Waals surface area contributed by atoms with Crippen molar-refractivity contribution in [3.8, 4) is 11.8 Å². The molecule has 1 rings (SSSR count). The minimum Gasteiger partial charge on any atom is -0.469 e. The van der Waals surface area contributed by atoms with Crippen LogP contribution in [0.4, 0.5) is 8.78 Å². The number of carbonyl (C=O) groups is 1. The second-order valence-electron chi connectivity index (χ2n) is 3.56. The van der Waals surface area contributed by atoms with Gasteiger partial charge in [0, 0.05) is 12.1 Å². The van der Waals surface area contributed by atoms with Crippen molar-refractivity contribution in [2.24, 2.45) is 5.73 Å². The van der Waals surface area contributed by atoms with Gasteiger partial charge in [-0.1, -0.05) is 0 Å². The van der Waals surface area contributed by atoms with Crippen molar-refractivity contribution in [3.05, 3.63) is 28.8 Å². The lowest BCUT2D eigenvalue weighted by Crippen LogP contribution is -2.11. The monoisotopic (exact) mass is 270 g/mol. The van der Waals surface area contributed by atoms with Crippen molar-refractivity contribution in [2.45, 2.75) is 19.6 Å². The van der Waals surface area contributed by atoms with Gasteiger partial charge in [-0.15, -0.1) is 0 Å². The highest BCUT2D eigenvalue weighted by molar-refractivity contribution is 5.73. The number of nitrogens with two attached hydrogens (primary N) is 1. The third kappa shape index (κ3) is 3.89. The van der Waals surface area contributed by atoms with Crippen molar-refractivity contribution in [3.63, 3.8) is 0 Å². The van der Waals surface area contributed by atoms with Crippen molar-refractivity contribution < 1.29 is 23.0 Å². The highest BCUT2D eigenvalue weighted by Crippen LogP contribution is 2.26. The predicted octanol–water partition coefficient (Wildman–Crippen LogP) is 1.33. The second kappa shape index (κ2) is 6.66. The third-order valence-corrected chi connectivity index (χ3v) is 2.41. The minimum absolute atomic E-state index is 0.0476. The Balaban J connectivity index is 3.23. The number of esters is 1. The van der Waals surface area contributed by atoms with Crippen molar-refractivity contribution >= 4 is 5.97 Å². The molecule has 7 heteroatoms. The summed E-state index contributed by atoms with van der Waals surface area (Å²) in [4.78, 5) is 11.2. The molecule has 0 fully saturated rings. The summed E-state index contributed by atoms with van der Waals surface area (Å²) in [7, 11) is 1.18. The Kier molecular flexibility index (Phi) is 5.21. The van der Waals surface area contributed by atoms with Crippen LogP contribution >= 0.6 is 0 Å². The number of hydrogen-bond donors (Lipinski definition) is 1. The van der Waals surface area contributed by atoms with Gasteiger partial charge in [0.2, 0.25) is 0 Å². The number of carbonyl (C=O) groups excluding carboxylic acids is 1. The van der Waals surface area contributed by atoms with E-state index in [1.807, 2.05) is 6.07 Å². The summed E-state index contributed by atoms with van der Waals surface area (Å²) in [5.41, 5.74) is 6.23. The molecule has 0 spiro atoms. The molecule has 0 aromatic heterocycles. The summed E-state index contributed by atoms with van der Waals surface area (Å²) in [6, 6.07) is 4.38. The molecule has 0 aliphatic heterocycles. The fourth-order valence-electron chi connectivity index (χ4n) is 1.52. The first-order chi connectivity index (χ1) is 9.01. The quantitative estimate of drug-likeness (QED) is 0.816. The molecule has 2 N–H and O–H groups in total. The molecule has 1 aromatic rings. The van der Waals surface area contributed by atoms with Gasteiger partial charge >= 0.3 is 12.6 Å². The number of benzene rings is 1. The van der Waals surface area contributed by atoms with E-state index in [0.717, 1.165) is 6.07 Å². The van der Waals surface area contributed by atoms with Crippen LogP contribution in [-0.4, -0.2) is 19.7 Å². The molecule has 0 amide bonds. The average molecular weight is 270 g/mol. The van der Waals surface area contributed by atoms with Crippen LogP contribution < -0.4 is 10.5 Å². The van der Waals surface area contributed by atoms with Gasteiger partial charge in [0.1, 0.15) is 5.75 Å². The number of rotatable bonds is 5. The normalized spacial score (nSPS) is 10.1. The largest absolute Gasteiger partial charge is 0.469 e. The van der Waals surface area contributed by atoms with E-state index in [9.17, 15) is 13.6 Å². The summed E-state index contributed by atoms with van der Waals surface area (Å²) in [5.74, 6) is -0.832. The van der Waals surface area contributed by atoms with E-state index in [0.29, 0.717) is 5.56 Å². The zero-order valence-electron chi connectivity index (χ0n) is 10.2. The number of halogens is 2. The number of methoxy groups -OCH3 is 1. The standard InChI is InChI=1S/C12H12F2N2O3/c1-18-11(17)4-7-2-8(5-15)9(6-16)3-10(7)19-12(13)14/h2-3,12H,4-5,15H2,1H3. The number of ether oxygens (including phenoxy) is 2. The fourth-order valence-corrected chi connectivity index (χ4v) is 1.52.